The van der Waals surface area contributed by atoms with E-state index in [-0.39, 0.29) is 33.5 Å². The van der Waals surface area contributed by atoms with Gasteiger partial charge in [-0.3, -0.25) is 9.36 Å². The van der Waals surface area contributed by atoms with Crippen LogP contribution in [0, 0.1) is 0 Å². The molecule has 11 nitrogen and oxygen atoms in total. The van der Waals surface area contributed by atoms with E-state index < -0.39 is 55.8 Å². The van der Waals surface area contributed by atoms with E-state index >= 15 is 0 Å². The first-order valence-electron chi connectivity index (χ1n) is 12.0. The fourth-order valence-corrected chi connectivity index (χ4v) is 4.13. The molecule has 2 unspecified atom stereocenters. The number of para-hydroxylation sites is 1. The molecule has 19 heteroatoms. The van der Waals surface area contributed by atoms with Gasteiger partial charge in [0, 0.05) is 10.6 Å². The van der Waals surface area contributed by atoms with Crippen LogP contribution in [0.4, 0.5) is 26.3 Å². The number of halogens is 8. The van der Waals surface area contributed by atoms with Gasteiger partial charge in [-0.2, -0.15) is 26.3 Å². The number of aliphatic hydroxyl groups excluding tert-OH is 2. The van der Waals surface area contributed by atoms with E-state index in [9.17, 15) is 46.1 Å². The molecule has 4 rings (SSSR count). The van der Waals surface area contributed by atoms with Crippen molar-refractivity contribution in [2.75, 3.05) is 6.54 Å². The molecule has 2 aromatic carbocycles. The highest BCUT2D eigenvalue weighted by Gasteiger charge is 2.40. The minimum atomic E-state index is -5.02. The lowest BCUT2D eigenvalue weighted by molar-refractivity contribution is -0.207. The average molecular weight is 654 g/mol. The van der Waals surface area contributed by atoms with Gasteiger partial charge < -0.3 is 15.5 Å². The third kappa shape index (κ3) is 7.35. The first kappa shape index (κ1) is 32.0. The Morgan fingerprint density at radius 3 is 2.23 bits per heavy atom. The second-order valence-electron chi connectivity index (χ2n) is 8.95. The molecule has 2 heterocycles. The van der Waals surface area contributed by atoms with Crippen LogP contribution in [0.25, 0.3) is 17.1 Å². The number of alkyl halides is 6. The number of nitrogens with one attached hydrogen (secondary N) is 1. The number of hydrogen-bond acceptors (Lipinski definition) is 7. The zero-order chi connectivity index (χ0) is 31.7. The molecule has 0 bridgehead atoms. The SMILES string of the molecule is O=C(NCC(O)C(F)(F)F)c1cccc(Cl)c1-n1cnc(Cn2nc(-c3ccc(Cl)cc3)n(CC(O)C(F)(F)F)c2=O)n1. The molecule has 3 N–H and O–H groups in total. The Labute approximate surface area is 246 Å². The maximum atomic E-state index is 13.1. The van der Waals surface area contributed by atoms with Crippen LogP contribution in [0.2, 0.25) is 10.0 Å². The predicted molar refractivity (Wildman–Crippen MR) is 139 cm³/mol. The average Bonchev–Trinajstić information content (AvgIpc) is 3.51. The Bertz CT molecular complexity index is 1670. The summed E-state index contributed by atoms with van der Waals surface area (Å²) in [5.74, 6) is -1.36. The number of rotatable bonds is 9. The predicted octanol–water partition coefficient (Wildman–Crippen LogP) is 3.22. The molecule has 230 valence electrons. The Hall–Kier alpha value is -3.93. The zero-order valence-corrected chi connectivity index (χ0v) is 22.8. The Balaban J connectivity index is 1.65. The smallest absolute Gasteiger partial charge is 0.382 e. The second-order valence-corrected chi connectivity index (χ2v) is 9.79. The highest BCUT2D eigenvalue weighted by molar-refractivity contribution is 6.33. The van der Waals surface area contributed by atoms with Gasteiger partial charge in [0.15, 0.2) is 23.9 Å². The fourth-order valence-electron chi connectivity index (χ4n) is 3.74. The fraction of sp³-hybridized carbons (Fsp3) is 0.292. The summed E-state index contributed by atoms with van der Waals surface area (Å²) >= 11 is 12.1. The number of amides is 1. The zero-order valence-electron chi connectivity index (χ0n) is 21.3. The number of hydrogen-bond donors (Lipinski definition) is 3. The lowest BCUT2D eigenvalue weighted by Gasteiger charge is -2.16. The summed E-state index contributed by atoms with van der Waals surface area (Å²) in [6.45, 7) is -2.78. The van der Waals surface area contributed by atoms with Crippen LogP contribution in [0.15, 0.2) is 53.6 Å². The van der Waals surface area contributed by atoms with Crippen molar-refractivity contribution in [2.24, 2.45) is 0 Å². The van der Waals surface area contributed by atoms with Gasteiger partial charge >= 0.3 is 18.0 Å². The largest absolute Gasteiger partial charge is 0.416 e. The molecule has 0 saturated heterocycles. The van der Waals surface area contributed by atoms with Crippen LogP contribution in [0.3, 0.4) is 0 Å². The van der Waals surface area contributed by atoms with Gasteiger partial charge in [0.2, 0.25) is 0 Å². The van der Waals surface area contributed by atoms with Crippen molar-refractivity contribution >= 4 is 29.1 Å². The van der Waals surface area contributed by atoms with Crippen LogP contribution >= 0.6 is 23.2 Å². The van der Waals surface area contributed by atoms with Crippen molar-refractivity contribution in [3.63, 3.8) is 0 Å². The van der Waals surface area contributed by atoms with Gasteiger partial charge in [-0.1, -0.05) is 29.3 Å². The Morgan fingerprint density at radius 2 is 1.60 bits per heavy atom. The van der Waals surface area contributed by atoms with E-state index in [1.807, 2.05) is 5.32 Å². The van der Waals surface area contributed by atoms with E-state index in [2.05, 4.69) is 15.2 Å². The van der Waals surface area contributed by atoms with E-state index in [0.29, 0.717) is 9.59 Å². The number of benzene rings is 2. The Kier molecular flexibility index (Phi) is 9.19. The molecule has 43 heavy (non-hydrogen) atoms. The standard InChI is InChI=1S/C24H19Cl2F6N7O4/c25-13-6-4-12(5-7-13)20-36-38(22(43)37(20)9-17(41)24(30,31)32)10-18-34-11-39(35-18)19-14(2-1-3-15(19)26)21(42)33-8-16(40)23(27,28)29/h1-7,11,16-17,40-41H,8-10H2,(H,33,42). The van der Waals surface area contributed by atoms with Gasteiger partial charge in [-0.25, -0.2) is 19.1 Å². The summed E-state index contributed by atoms with van der Waals surface area (Å²) in [6, 6.07) is 9.61. The Morgan fingerprint density at radius 1 is 0.953 bits per heavy atom. The molecule has 1 amide bonds. The first-order chi connectivity index (χ1) is 20.1. The number of aromatic nitrogens is 6. The summed E-state index contributed by atoms with van der Waals surface area (Å²) in [4.78, 5) is 29.8. The highest BCUT2D eigenvalue weighted by atomic mass is 35.5. The van der Waals surface area contributed by atoms with E-state index in [1.165, 1.54) is 42.5 Å². The monoisotopic (exact) mass is 653 g/mol. The first-order valence-corrected chi connectivity index (χ1v) is 12.7. The lowest BCUT2D eigenvalue weighted by Crippen LogP contribution is -2.40. The molecule has 0 radical (unpaired) electrons. The molecule has 0 aliphatic heterocycles. The van der Waals surface area contributed by atoms with E-state index in [1.54, 1.807) is 0 Å². The van der Waals surface area contributed by atoms with Crippen LogP contribution < -0.4 is 11.0 Å². The van der Waals surface area contributed by atoms with Crippen LogP contribution in [-0.4, -0.2) is 76.3 Å². The van der Waals surface area contributed by atoms with Crippen LogP contribution in [0.1, 0.15) is 16.2 Å². The van der Waals surface area contributed by atoms with E-state index in [0.717, 1.165) is 15.7 Å². The molecule has 0 aliphatic rings. The number of nitrogens with zero attached hydrogens (tertiary/aromatic N) is 6. The maximum absolute atomic E-state index is 13.1. The van der Waals surface area contributed by atoms with Gasteiger partial charge in [-0.05, 0) is 36.4 Å². The topological polar surface area (TPSA) is 140 Å². The molecule has 0 saturated carbocycles. The normalized spacial score (nSPS) is 13.6. The van der Waals surface area contributed by atoms with Crippen molar-refractivity contribution in [2.45, 2.75) is 37.7 Å². The van der Waals surface area contributed by atoms with Gasteiger partial charge in [0.1, 0.15) is 12.9 Å². The van der Waals surface area contributed by atoms with Crippen molar-refractivity contribution in [3.8, 4) is 17.1 Å². The van der Waals surface area contributed by atoms with Crippen molar-refractivity contribution in [3.05, 3.63) is 80.7 Å². The number of carbonyl (C=O) groups excluding carboxylic acids is 1. The molecule has 0 fully saturated rings. The van der Waals surface area contributed by atoms with Gasteiger partial charge in [-0.15, -0.1) is 10.2 Å². The van der Waals surface area contributed by atoms with Crippen LogP contribution in [-0.2, 0) is 13.1 Å². The van der Waals surface area contributed by atoms with Gasteiger partial charge in [0.25, 0.3) is 5.91 Å². The lowest BCUT2D eigenvalue weighted by atomic mass is 10.1. The summed E-state index contributed by atoms with van der Waals surface area (Å²) in [5.41, 5.74) is -1.15. The summed E-state index contributed by atoms with van der Waals surface area (Å²) in [6.07, 6.45) is -14.6. The highest BCUT2D eigenvalue weighted by Crippen LogP contribution is 2.26. The minimum Gasteiger partial charge on any atom is -0.382 e. The third-order valence-electron chi connectivity index (χ3n) is 5.88. The third-order valence-corrected chi connectivity index (χ3v) is 6.44. The molecule has 0 aliphatic carbocycles. The molecular weight excluding hydrogens is 635 g/mol. The minimum absolute atomic E-state index is 0.0620. The summed E-state index contributed by atoms with van der Waals surface area (Å²) < 4.78 is 79.6. The van der Waals surface area contributed by atoms with Crippen molar-refractivity contribution < 1.29 is 41.4 Å². The van der Waals surface area contributed by atoms with Crippen molar-refractivity contribution in [1.82, 2.24) is 34.4 Å². The molecule has 4 aromatic rings. The maximum Gasteiger partial charge on any atom is 0.416 e. The molecule has 2 atom stereocenters. The molecule has 2 aromatic heterocycles. The number of carbonyl (C=O) groups is 1. The van der Waals surface area contributed by atoms with Crippen molar-refractivity contribution in [1.29, 1.82) is 0 Å². The number of aliphatic hydroxyl groups is 2. The molecule has 0 spiro atoms. The van der Waals surface area contributed by atoms with Gasteiger partial charge in [0.05, 0.1) is 29.4 Å². The molecular formula is C24H19Cl2F6N7O4. The van der Waals surface area contributed by atoms with Crippen LogP contribution in [0.5, 0.6) is 0 Å². The van der Waals surface area contributed by atoms with E-state index in [4.69, 9.17) is 23.2 Å². The summed E-state index contributed by atoms with van der Waals surface area (Å²) in [7, 11) is 0. The second kappa shape index (κ2) is 12.4. The quantitative estimate of drug-likeness (QED) is 0.236. The summed E-state index contributed by atoms with van der Waals surface area (Å²) in [5, 5.41) is 29.2.